The maximum atomic E-state index is 6.29. The molecule has 1 saturated heterocycles. The zero-order chi connectivity index (χ0) is 17.1. The number of nitrogens with zero attached hydrogens (tertiary/aromatic N) is 3. The quantitative estimate of drug-likeness (QED) is 0.770. The van der Waals surface area contributed by atoms with Crippen molar-refractivity contribution in [1.29, 1.82) is 0 Å². The molecule has 0 amide bonds. The Morgan fingerprint density at radius 1 is 1.20 bits per heavy atom. The van der Waals surface area contributed by atoms with E-state index >= 15 is 0 Å². The van der Waals surface area contributed by atoms with E-state index in [1.54, 1.807) is 12.4 Å². The summed E-state index contributed by atoms with van der Waals surface area (Å²) >= 11 is 6.29. The van der Waals surface area contributed by atoms with E-state index in [4.69, 9.17) is 16.1 Å². The van der Waals surface area contributed by atoms with Crippen LogP contribution in [0.15, 0.2) is 53.3 Å². The summed E-state index contributed by atoms with van der Waals surface area (Å²) in [6.07, 6.45) is 6.33. The highest BCUT2D eigenvalue weighted by atomic mass is 35.5. The van der Waals surface area contributed by atoms with E-state index in [1.165, 1.54) is 5.56 Å². The van der Waals surface area contributed by atoms with Gasteiger partial charge in [-0.05, 0) is 49.6 Å². The first kappa shape index (κ1) is 16.2. The van der Waals surface area contributed by atoms with Crippen LogP contribution in [0.3, 0.4) is 0 Å². The Bertz CT molecular complexity index is 836. The van der Waals surface area contributed by atoms with Crippen molar-refractivity contribution in [2.45, 2.75) is 31.2 Å². The summed E-state index contributed by atoms with van der Waals surface area (Å²) in [5.41, 5.74) is 2.04. The van der Waals surface area contributed by atoms with E-state index in [0.717, 1.165) is 36.4 Å². The lowest BCUT2D eigenvalue weighted by atomic mass is 9.89. The molecule has 2 aromatic heterocycles. The molecule has 1 aliphatic heterocycles. The Labute approximate surface area is 151 Å². The van der Waals surface area contributed by atoms with Crippen LogP contribution in [0.25, 0.3) is 11.4 Å². The molecule has 1 aliphatic rings. The number of aromatic nitrogens is 3. The summed E-state index contributed by atoms with van der Waals surface area (Å²) in [7, 11) is 0. The van der Waals surface area contributed by atoms with Gasteiger partial charge in [-0.25, -0.2) is 0 Å². The minimum Gasteiger partial charge on any atom is -0.339 e. The summed E-state index contributed by atoms with van der Waals surface area (Å²) in [6, 6.07) is 12.2. The number of hydrogen-bond acceptors (Lipinski definition) is 5. The summed E-state index contributed by atoms with van der Waals surface area (Å²) in [6.45, 7) is 0.935. The lowest BCUT2D eigenvalue weighted by Gasteiger charge is -2.28. The normalized spacial score (nSPS) is 20.5. The van der Waals surface area contributed by atoms with Crippen LogP contribution in [-0.2, 0) is 6.42 Å². The van der Waals surface area contributed by atoms with Crippen molar-refractivity contribution in [3.8, 4) is 11.4 Å². The van der Waals surface area contributed by atoms with Gasteiger partial charge in [-0.15, -0.1) is 0 Å². The van der Waals surface area contributed by atoms with Crippen LogP contribution < -0.4 is 5.32 Å². The lowest BCUT2D eigenvalue weighted by Crippen LogP contribution is -2.38. The van der Waals surface area contributed by atoms with Crippen LogP contribution in [0.5, 0.6) is 0 Å². The molecule has 0 spiro atoms. The summed E-state index contributed by atoms with van der Waals surface area (Å²) in [4.78, 5) is 8.70. The third-order valence-electron chi connectivity index (χ3n) is 4.63. The summed E-state index contributed by atoms with van der Waals surface area (Å²) < 4.78 is 5.54. The van der Waals surface area contributed by atoms with Crippen LogP contribution in [0.4, 0.5) is 0 Å². The lowest BCUT2D eigenvalue weighted by molar-refractivity contribution is 0.287. The van der Waals surface area contributed by atoms with Gasteiger partial charge in [0.2, 0.25) is 11.7 Å². The molecular weight excluding hydrogens is 336 g/mol. The van der Waals surface area contributed by atoms with Crippen LogP contribution in [0, 0.1) is 0 Å². The molecule has 2 atom stereocenters. The van der Waals surface area contributed by atoms with E-state index in [2.05, 4.69) is 26.5 Å². The molecule has 1 aromatic carbocycles. The van der Waals surface area contributed by atoms with Gasteiger partial charge in [0.1, 0.15) is 0 Å². The number of benzene rings is 1. The standard InChI is InChI=1S/C19H19ClN4O/c20-17-6-2-1-4-13(17)10-16-11-14(7-9-22-16)19-23-18(24-25-19)15-5-3-8-21-12-15/h1-6,8,12,14,16,22H,7,9-11H2. The Morgan fingerprint density at radius 2 is 2.12 bits per heavy atom. The number of hydrogen-bond donors (Lipinski definition) is 1. The fraction of sp³-hybridized carbons (Fsp3) is 0.316. The van der Waals surface area contributed by atoms with Crippen molar-refractivity contribution < 1.29 is 4.52 Å². The predicted molar refractivity (Wildman–Crippen MR) is 96.5 cm³/mol. The van der Waals surface area contributed by atoms with Gasteiger partial charge in [0, 0.05) is 34.9 Å². The third kappa shape index (κ3) is 3.72. The SMILES string of the molecule is Clc1ccccc1CC1CC(c2nc(-c3cccnc3)no2)CCN1. The summed E-state index contributed by atoms with van der Waals surface area (Å²) in [5, 5.41) is 8.51. The van der Waals surface area contributed by atoms with Gasteiger partial charge in [-0.3, -0.25) is 4.98 Å². The van der Waals surface area contributed by atoms with E-state index in [0.29, 0.717) is 17.8 Å². The second-order valence-corrected chi connectivity index (χ2v) is 6.77. The molecule has 1 fully saturated rings. The average molecular weight is 355 g/mol. The van der Waals surface area contributed by atoms with Gasteiger partial charge in [0.25, 0.3) is 0 Å². The average Bonchev–Trinajstić information content (AvgIpc) is 3.15. The van der Waals surface area contributed by atoms with Gasteiger partial charge in [-0.2, -0.15) is 4.98 Å². The number of piperidine rings is 1. The van der Waals surface area contributed by atoms with Crippen LogP contribution >= 0.6 is 11.6 Å². The topological polar surface area (TPSA) is 63.8 Å². The Hall–Kier alpha value is -2.24. The molecule has 0 radical (unpaired) electrons. The molecular formula is C19H19ClN4O. The van der Waals surface area contributed by atoms with Crippen molar-refractivity contribution in [1.82, 2.24) is 20.4 Å². The first-order valence-corrected chi connectivity index (χ1v) is 8.88. The maximum absolute atomic E-state index is 6.29. The number of halogens is 1. The van der Waals surface area contributed by atoms with Crippen LogP contribution in [0.1, 0.15) is 30.2 Å². The minimum atomic E-state index is 0.270. The van der Waals surface area contributed by atoms with Crippen LogP contribution in [0.2, 0.25) is 5.02 Å². The molecule has 3 aromatic rings. The van der Waals surface area contributed by atoms with E-state index < -0.39 is 0 Å². The molecule has 4 rings (SSSR count). The van der Waals surface area contributed by atoms with E-state index in [1.807, 2.05) is 30.3 Å². The Morgan fingerprint density at radius 3 is 2.96 bits per heavy atom. The smallest absolute Gasteiger partial charge is 0.230 e. The van der Waals surface area contributed by atoms with Crippen molar-refractivity contribution in [3.63, 3.8) is 0 Å². The first-order valence-electron chi connectivity index (χ1n) is 8.50. The molecule has 1 N–H and O–H groups in total. The predicted octanol–water partition coefficient (Wildman–Crippen LogP) is 3.86. The van der Waals surface area contributed by atoms with E-state index in [-0.39, 0.29) is 5.92 Å². The first-order chi connectivity index (χ1) is 12.3. The Kier molecular flexibility index (Phi) is 4.76. The second-order valence-electron chi connectivity index (χ2n) is 6.37. The highest BCUT2D eigenvalue weighted by molar-refractivity contribution is 6.31. The molecule has 6 heteroatoms. The van der Waals surface area contributed by atoms with Gasteiger partial charge < -0.3 is 9.84 Å². The molecule has 0 aliphatic carbocycles. The Balaban J connectivity index is 1.46. The van der Waals surface area contributed by atoms with Gasteiger partial charge in [0.05, 0.1) is 0 Å². The largest absolute Gasteiger partial charge is 0.339 e. The molecule has 3 heterocycles. The number of nitrogens with one attached hydrogen (secondary N) is 1. The number of rotatable bonds is 4. The van der Waals surface area contributed by atoms with Gasteiger partial charge in [0.15, 0.2) is 0 Å². The zero-order valence-corrected chi connectivity index (χ0v) is 14.5. The maximum Gasteiger partial charge on any atom is 0.230 e. The fourth-order valence-electron chi connectivity index (χ4n) is 3.33. The highest BCUT2D eigenvalue weighted by Gasteiger charge is 2.27. The summed E-state index contributed by atoms with van der Waals surface area (Å²) in [5.74, 6) is 1.58. The second kappa shape index (κ2) is 7.33. The van der Waals surface area contributed by atoms with Crippen molar-refractivity contribution in [2.75, 3.05) is 6.54 Å². The van der Waals surface area contributed by atoms with Crippen LogP contribution in [-0.4, -0.2) is 27.7 Å². The van der Waals surface area contributed by atoms with Gasteiger partial charge in [-0.1, -0.05) is 35.0 Å². The number of pyridine rings is 1. The van der Waals surface area contributed by atoms with Gasteiger partial charge >= 0.3 is 0 Å². The molecule has 0 bridgehead atoms. The van der Waals surface area contributed by atoms with E-state index in [9.17, 15) is 0 Å². The highest BCUT2D eigenvalue weighted by Crippen LogP contribution is 2.30. The molecule has 25 heavy (non-hydrogen) atoms. The third-order valence-corrected chi connectivity index (χ3v) is 5.00. The monoisotopic (exact) mass is 354 g/mol. The van der Waals surface area contributed by atoms with Crippen molar-refractivity contribution in [3.05, 3.63) is 65.3 Å². The van der Waals surface area contributed by atoms with Crippen molar-refractivity contribution >= 4 is 11.6 Å². The molecule has 128 valence electrons. The molecule has 5 nitrogen and oxygen atoms in total. The van der Waals surface area contributed by atoms with Crippen molar-refractivity contribution in [2.24, 2.45) is 0 Å². The fourth-order valence-corrected chi connectivity index (χ4v) is 3.54. The molecule has 2 unspecified atom stereocenters. The minimum absolute atomic E-state index is 0.270. The molecule has 0 saturated carbocycles. The zero-order valence-electron chi connectivity index (χ0n) is 13.7.